The zero-order valence-electron chi connectivity index (χ0n) is 10.5. The largest absolute Gasteiger partial charge is 0.321 e. The second-order valence-electron chi connectivity index (χ2n) is 4.31. The van der Waals surface area contributed by atoms with Crippen molar-refractivity contribution < 1.29 is 4.79 Å². The average molecular weight is 272 g/mol. The quantitative estimate of drug-likeness (QED) is 0.753. The third-order valence-corrected chi connectivity index (χ3v) is 3.64. The van der Waals surface area contributed by atoms with E-state index in [1.165, 1.54) is 0 Å². The van der Waals surface area contributed by atoms with Crippen LogP contribution in [0.2, 0.25) is 0 Å². The van der Waals surface area contributed by atoms with Crippen LogP contribution < -0.4 is 5.32 Å². The number of benzene rings is 1. The van der Waals surface area contributed by atoms with E-state index < -0.39 is 0 Å². The number of aromatic nitrogens is 3. The van der Waals surface area contributed by atoms with Gasteiger partial charge in [0.25, 0.3) is 5.91 Å². The van der Waals surface area contributed by atoms with Crippen LogP contribution in [0.4, 0.5) is 5.69 Å². The van der Waals surface area contributed by atoms with Crippen molar-refractivity contribution in [1.82, 2.24) is 15.2 Å². The number of nitrogens with zero attached hydrogens (tertiary/aromatic N) is 2. The standard InChI is InChI=1S/C13H12N4OS/c1-7-5-11(17-16-7)13(18)15-9-3-4-12-10(6-9)14-8(2)19-12/h3-6H,1-2H3,(H,15,18)(H,16,17). The number of rotatable bonds is 2. The van der Waals surface area contributed by atoms with Gasteiger partial charge in [0.05, 0.1) is 15.2 Å². The van der Waals surface area contributed by atoms with E-state index in [4.69, 9.17) is 0 Å². The van der Waals surface area contributed by atoms with E-state index in [-0.39, 0.29) is 5.91 Å². The fourth-order valence-electron chi connectivity index (χ4n) is 1.85. The molecule has 0 aliphatic carbocycles. The average Bonchev–Trinajstić information content (AvgIpc) is 2.93. The van der Waals surface area contributed by atoms with Crippen LogP contribution in [0, 0.1) is 13.8 Å². The number of carbonyl (C=O) groups excluding carboxylic acids is 1. The maximum Gasteiger partial charge on any atom is 0.276 e. The number of fused-ring (bicyclic) bond motifs is 1. The number of thiazole rings is 1. The normalized spacial score (nSPS) is 10.8. The number of hydrogen-bond acceptors (Lipinski definition) is 4. The minimum absolute atomic E-state index is 0.226. The highest BCUT2D eigenvalue weighted by molar-refractivity contribution is 7.18. The Kier molecular flexibility index (Phi) is 2.79. The highest BCUT2D eigenvalue weighted by atomic mass is 32.1. The number of anilines is 1. The molecule has 0 atom stereocenters. The van der Waals surface area contributed by atoms with Gasteiger partial charge in [-0.15, -0.1) is 11.3 Å². The van der Waals surface area contributed by atoms with Gasteiger partial charge in [-0.1, -0.05) is 0 Å². The van der Waals surface area contributed by atoms with Crippen LogP contribution in [0.15, 0.2) is 24.3 Å². The molecule has 2 N–H and O–H groups in total. The molecule has 1 amide bonds. The lowest BCUT2D eigenvalue weighted by atomic mass is 10.3. The van der Waals surface area contributed by atoms with E-state index in [0.717, 1.165) is 26.6 Å². The lowest BCUT2D eigenvalue weighted by Crippen LogP contribution is -2.12. The van der Waals surface area contributed by atoms with Crippen molar-refractivity contribution in [2.75, 3.05) is 5.32 Å². The summed E-state index contributed by atoms with van der Waals surface area (Å²) in [6.07, 6.45) is 0. The van der Waals surface area contributed by atoms with Crippen LogP contribution in [0.1, 0.15) is 21.2 Å². The Morgan fingerprint density at radius 3 is 2.89 bits per heavy atom. The highest BCUT2D eigenvalue weighted by Gasteiger charge is 2.10. The number of aryl methyl sites for hydroxylation is 2. The summed E-state index contributed by atoms with van der Waals surface area (Å²) in [5.74, 6) is -0.226. The molecule has 2 aromatic heterocycles. The third-order valence-electron chi connectivity index (χ3n) is 2.69. The topological polar surface area (TPSA) is 70.7 Å². The lowest BCUT2D eigenvalue weighted by molar-refractivity contribution is 0.102. The van der Waals surface area contributed by atoms with Crippen molar-refractivity contribution in [3.63, 3.8) is 0 Å². The van der Waals surface area contributed by atoms with Gasteiger partial charge in [-0.05, 0) is 38.1 Å². The molecule has 0 saturated carbocycles. The predicted octanol–water partition coefficient (Wildman–Crippen LogP) is 2.89. The molecule has 6 heteroatoms. The fraction of sp³-hybridized carbons (Fsp3) is 0.154. The first-order valence-corrected chi connectivity index (χ1v) is 6.64. The van der Waals surface area contributed by atoms with Crippen LogP contribution in [0.5, 0.6) is 0 Å². The molecule has 0 aliphatic heterocycles. The highest BCUT2D eigenvalue weighted by Crippen LogP contribution is 2.24. The number of amides is 1. The molecule has 0 saturated heterocycles. The number of H-pyrrole nitrogens is 1. The fourth-order valence-corrected chi connectivity index (χ4v) is 2.66. The molecule has 0 unspecified atom stereocenters. The summed E-state index contributed by atoms with van der Waals surface area (Å²) in [5, 5.41) is 10.5. The van der Waals surface area contributed by atoms with Crippen molar-refractivity contribution in [1.29, 1.82) is 0 Å². The van der Waals surface area contributed by atoms with Gasteiger partial charge in [0.2, 0.25) is 0 Å². The SMILES string of the molecule is Cc1cc(C(=O)Nc2ccc3sc(C)nc3c2)n[nH]1. The first-order valence-electron chi connectivity index (χ1n) is 5.82. The Bertz CT molecular complexity index is 759. The Morgan fingerprint density at radius 1 is 1.32 bits per heavy atom. The zero-order chi connectivity index (χ0) is 13.4. The number of carbonyl (C=O) groups is 1. The summed E-state index contributed by atoms with van der Waals surface area (Å²) in [6.45, 7) is 3.82. The Morgan fingerprint density at radius 2 is 2.16 bits per heavy atom. The number of nitrogens with one attached hydrogen (secondary N) is 2. The van der Waals surface area contributed by atoms with Crippen molar-refractivity contribution in [3.05, 3.63) is 40.7 Å². The second kappa shape index (κ2) is 4.47. The summed E-state index contributed by atoms with van der Waals surface area (Å²) in [7, 11) is 0. The molecule has 0 spiro atoms. The summed E-state index contributed by atoms with van der Waals surface area (Å²) in [4.78, 5) is 16.4. The van der Waals surface area contributed by atoms with Crippen LogP contribution in [0.3, 0.4) is 0 Å². The molecule has 0 aliphatic rings. The van der Waals surface area contributed by atoms with Crippen LogP contribution >= 0.6 is 11.3 Å². The lowest BCUT2D eigenvalue weighted by Gasteiger charge is -2.02. The molecule has 19 heavy (non-hydrogen) atoms. The van der Waals surface area contributed by atoms with Gasteiger partial charge in [0.1, 0.15) is 0 Å². The van der Waals surface area contributed by atoms with Crippen molar-refractivity contribution in [2.24, 2.45) is 0 Å². The summed E-state index contributed by atoms with van der Waals surface area (Å²) < 4.78 is 1.12. The van der Waals surface area contributed by atoms with Gasteiger partial charge in [-0.2, -0.15) is 5.10 Å². The van der Waals surface area contributed by atoms with Crippen molar-refractivity contribution in [2.45, 2.75) is 13.8 Å². The number of aromatic amines is 1. The monoisotopic (exact) mass is 272 g/mol. The van der Waals surface area contributed by atoms with Crippen molar-refractivity contribution >= 4 is 33.1 Å². The van der Waals surface area contributed by atoms with E-state index in [0.29, 0.717) is 5.69 Å². The van der Waals surface area contributed by atoms with Gasteiger partial charge in [0.15, 0.2) is 5.69 Å². The second-order valence-corrected chi connectivity index (χ2v) is 5.54. The summed E-state index contributed by atoms with van der Waals surface area (Å²) in [5.41, 5.74) is 2.87. The first-order chi connectivity index (χ1) is 9.11. The van der Waals surface area contributed by atoms with Gasteiger partial charge >= 0.3 is 0 Å². The molecule has 1 aromatic carbocycles. The summed E-state index contributed by atoms with van der Waals surface area (Å²) >= 11 is 1.64. The summed E-state index contributed by atoms with van der Waals surface area (Å²) in [6, 6.07) is 7.42. The molecule has 5 nitrogen and oxygen atoms in total. The molecule has 0 radical (unpaired) electrons. The zero-order valence-corrected chi connectivity index (χ0v) is 11.3. The van der Waals surface area contributed by atoms with E-state index in [2.05, 4.69) is 20.5 Å². The molecule has 0 fully saturated rings. The van der Waals surface area contributed by atoms with E-state index in [1.54, 1.807) is 17.4 Å². The van der Waals surface area contributed by atoms with Gasteiger partial charge in [0, 0.05) is 11.4 Å². The third kappa shape index (κ3) is 2.34. The Labute approximate surface area is 113 Å². The molecular formula is C13H12N4OS. The maximum absolute atomic E-state index is 12.0. The van der Waals surface area contributed by atoms with Gasteiger partial charge in [-0.3, -0.25) is 9.89 Å². The maximum atomic E-state index is 12.0. The molecule has 3 aromatic rings. The molecular weight excluding hydrogens is 260 g/mol. The molecule has 3 rings (SSSR count). The number of hydrogen-bond donors (Lipinski definition) is 2. The van der Waals surface area contributed by atoms with Crippen molar-refractivity contribution in [3.8, 4) is 0 Å². The van der Waals surface area contributed by atoms with Crippen LogP contribution in [-0.2, 0) is 0 Å². The van der Waals surface area contributed by atoms with E-state index >= 15 is 0 Å². The Hall–Kier alpha value is -2.21. The van der Waals surface area contributed by atoms with E-state index in [9.17, 15) is 4.79 Å². The predicted molar refractivity (Wildman–Crippen MR) is 75.6 cm³/mol. The molecule has 96 valence electrons. The van der Waals surface area contributed by atoms with Gasteiger partial charge < -0.3 is 5.32 Å². The van der Waals surface area contributed by atoms with Crippen LogP contribution in [-0.4, -0.2) is 21.1 Å². The minimum atomic E-state index is -0.226. The smallest absolute Gasteiger partial charge is 0.276 e. The van der Waals surface area contributed by atoms with E-state index in [1.807, 2.05) is 32.0 Å². The van der Waals surface area contributed by atoms with Gasteiger partial charge in [-0.25, -0.2) is 4.98 Å². The van der Waals surface area contributed by atoms with Crippen LogP contribution in [0.25, 0.3) is 10.2 Å². The molecule has 0 bridgehead atoms. The first kappa shape index (κ1) is 11.9. The minimum Gasteiger partial charge on any atom is -0.321 e. The molecule has 2 heterocycles. The Balaban J connectivity index is 1.86.